The molecule has 0 saturated heterocycles. The molecule has 1 aromatic carbocycles. The molecule has 0 aliphatic rings. The van der Waals surface area contributed by atoms with Gasteiger partial charge in [-0.3, -0.25) is 4.79 Å². The number of benzene rings is 1. The lowest BCUT2D eigenvalue weighted by atomic mass is 10.1. The number of nitrogens with one attached hydrogen (secondary N) is 1. The van der Waals surface area contributed by atoms with Crippen LogP contribution in [0.25, 0.3) is 10.2 Å². The fourth-order valence-corrected chi connectivity index (χ4v) is 4.52. The number of nitrogens with zero attached hydrogens (tertiary/aromatic N) is 2. The van der Waals surface area contributed by atoms with Crippen molar-refractivity contribution in [2.45, 2.75) is 13.5 Å². The van der Waals surface area contributed by atoms with Crippen molar-refractivity contribution in [2.24, 2.45) is 0 Å². The lowest BCUT2D eigenvalue weighted by Gasteiger charge is -2.14. The Kier molecular flexibility index (Phi) is 5.61. The van der Waals surface area contributed by atoms with E-state index in [4.69, 9.17) is 0 Å². The molecule has 0 aliphatic heterocycles. The molecule has 6 heteroatoms. The van der Waals surface area contributed by atoms with Gasteiger partial charge < -0.3 is 14.8 Å². The Morgan fingerprint density at radius 3 is 2.80 bits per heavy atom. The van der Waals surface area contributed by atoms with Crippen molar-refractivity contribution in [1.82, 2.24) is 14.8 Å². The summed E-state index contributed by atoms with van der Waals surface area (Å²) < 4.78 is 4.27. The molecule has 1 N–H and O–H groups in total. The van der Waals surface area contributed by atoms with E-state index in [1.54, 1.807) is 11.3 Å². The Labute approximate surface area is 160 Å². The van der Waals surface area contributed by atoms with Gasteiger partial charge in [0, 0.05) is 25.0 Å². The van der Waals surface area contributed by atoms with Crippen LogP contribution in [0.2, 0.25) is 0 Å². The van der Waals surface area contributed by atoms with Gasteiger partial charge in [0.15, 0.2) is 0 Å². The molecule has 0 bridgehead atoms. The van der Waals surface area contributed by atoms with Gasteiger partial charge in [0.05, 0.1) is 14.7 Å². The van der Waals surface area contributed by atoms with Crippen LogP contribution in [0, 0.1) is 6.92 Å². The van der Waals surface area contributed by atoms with Crippen molar-refractivity contribution in [3.63, 3.8) is 0 Å². The summed E-state index contributed by atoms with van der Waals surface area (Å²) in [6, 6.07) is 10.3. The fraction of sp³-hybridized carbons (Fsp3) is 0.316. The molecule has 1 amide bonds. The van der Waals surface area contributed by atoms with Crippen LogP contribution in [0.3, 0.4) is 0 Å². The highest BCUT2D eigenvalue weighted by Crippen LogP contribution is 2.34. The number of rotatable bonds is 6. The van der Waals surface area contributed by atoms with Gasteiger partial charge in [-0.1, -0.05) is 24.3 Å². The Bertz CT molecular complexity index is 897. The van der Waals surface area contributed by atoms with Gasteiger partial charge in [0.2, 0.25) is 0 Å². The standard InChI is InChI=1S/C19H22BrN3OS/c1-13-6-4-5-7-14(13)11-23-16(19(24)21-8-9-22(2)3)10-17-18(23)15(20)12-25-17/h4-7,10,12H,8-9,11H2,1-3H3,(H,21,24). The largest absolute Gasteiger partial charge is 0.349 e. The number of amides is 1. The van der Waals surface area contributed by atoms with Gasteiger partial charge in [0.25, 0.3) is 5.91 Å². The Balaban J connectivity index is 1.95. The molecular formula is C19H22BrN3OS. The van der Waals surface area contributed by atoms with Crippen LogP contribution in [0.15, 0.2) is 40.2 Å². The molecule has 3 rings (SSSR count). The minimum atomic E-state index is -0.0225. The van der Waals surface area contributed by atoms with Crippen LogP contribution in [-0.2, 0) is 6.54 Å². The van der Waals surface area contributed by atoms with Crippen molar-refractivity contribution in [3.8, 4) is 0 Å². The second kappa shape index (κ2) is 7.72. The van der Waals surface area contributed by atoms with Crippen LogP contribution in [0.1, 0.15) is 21.6 Å². The first-order chi connectivity index (χ1) is 12.0. The SMILES string of the molecule is Cc1ccccc1Cn1c(C(=O)NCCN(C)C)cc2scc(Br)c21. The molecule has 0 unspecified atom stereocenters. The second-order valence-corrected chi connectivity index (χ2v) is 8.16. The zero-order chi connectivity index (χ0) is 18.0. The van der Waals surface area contributed by atoms with Crippen molar-refractivity contribution in [3.05, 3.63) is 57.0 Å². The van der Waals surface area contributed by atoms with Gasteiger partial charge in [0.1, 0.15) is 5.69 Å². The first-order valence-electron chi connectivity index (χ1n) is 8.21. The maximum absolute atomic E-state index is 12.7. The fourth-order valence-electron chi connectivity index (χ4n) is 2.83. The molecule has 0 aliphatic carbocycles. The molecule has 2 aromatic heterocycles. The van der Waals surface area contributed by atoms with Crippen LogP contribution < -0.4 is 5.32 Å². The number of fused-ring (bicyclic) bond motifs is 1. The number of aromatic nitrogens is 1. The van der Waals surface area contributed by atoms with Crippen LogP contribution in [0.4, 0.5) is 0 Å². The summed E-state index contributed by atoms with van der Waals surface area (Å²) in [6.45, 7) is 4.25. The summed E-state index contributed by atoms with van der Waals surface area (Å²) in [4.78, 5) is 14.8. The number of hydrogen-bond donors (Lipinski definition) is 1. The third-order valence-corrected chi connectivity index (χ3v) is 6.07. The van der Waals surface area contributed by atoms with Crippen LogP contribution in [-0.4, -0.2) is 42.6 Å². The number of carbonyl (C=O) groups excluding carboxylic acids is 1. The quantitative estimate of drug-likeness (QED) is 0.652. The first kappa shape index (κ1) is 18.2. The Morgan fingerprint density at radius 2 is 2.08 bits per heavy atom. The maximum Gasteiger partial charge on any atom is 0.268 e. The van der Waals surface area contributed by atoms with E-state index in [2.05, 4.69) is 55.2 Å². The lowest BCUT2D eigenvalue weighted by molar-refractivity contribution is 0.0942. The Morgan fingerprint density at radius 1 is 1.32 bits per heavy atom. The zero-order valence-corrected chi connectivity index (χ0v) is 17.1. The van der Waals surface area contributed by atoms with Crippen LogP contribution >= 0.6 is 27.3 Å². The number of hydrogen-bond acceptors (Lipinski definition) is 3. The first-order valence-corrected chi connectivity index (χ1v) is 9.88. The molecule has 2 heterocycles. The zero-order valence-electron chi connectivity index (χ0n) is 14.7. The smallest absolute Gasteiger partial charge is 0.268 e. The molecule has 0 atom stereocenters. The Hall–Kier alpha value is -1.63. The van der Waals surface area contributed by atoms with Crippen LogP contribution in [0.5, 0.6) is 0 Å². The number of likely N-dealkylation sites (N-methyl/N-ethyl adjacent to an activating group) is 1. The van der Waals surface area contributed by atoms with E-state index in [0.29, 0.717) is 18.8 Å². The molecule has 0 radical (unpaired) electrons. The molecule has 4 nitrogen and oxygen atoms in total. The number of aryl methyl sites for hydroxylation is 1. The van der Waals surface area contributed by atoms with Gasteiger partial charge in [-0.05, 0) is 54.1 Å². The monoisotopic (exact) mass is 419 g/mol. The normalized spacial score (nSPS) is 11.4. The predicted octanol–water partition coefficient (Wildman–Crippen LogP) is 4.11. The van der Waals surface area contributed by atoms with Crippen molar-refractivity contribution in [1.29, 1.82) is 0 Å². The highest BCUT2D eigenvalue weighted by atomic mass is 79.9. The highest BCUT2D eigenvalue weighted by molar-refractivity contribution is 9.10. The number of halogens is 1. The number of carbonyl (C=O) groups is 1. The summed E-state index contributed by atoms with van der Waals surface area (Å²) in [5, 5.41) is 5.11. The van der Waals surface area contributed by atoms with Gasteiger partial charge in [-0.2, -0.15) is 0 Å². The van der Waals surface area contributed by atoms with E-state index >= 15 is 0 Å². The van der Waals surface area contributed by atoms with E-state index < -0.39 is 0 Å². The molecule has 132 valence electrons. The van der Waals surface area contributed by atoms with E-state index in [9.17, 15) is 4.79 Å². The molecule has 0 spiro atoms. The average molecular weight is 420 g/mol. The van der Waals surface area contributed by atoms with E-state index in [-0.39, 0.29) is 5.91 Å². The van der Waals surface area contributed by atoms with Gasteiger partial charge in [-0.25, -0.2) is 0 Å². The van der Waals surface area contributed by atoms with Crippen molar-refractivity contribution >= 4 is 43.4 Å². The molecule has 0 saturated carbocycles. The maximum atomic E-state index is 12.7. The molecule has 0 fully saturated rings. The third-order valence-electron chi connectivity index (χ3n) is 4.24. The molecule has 25 heavy (non-hydrogen) atoms. The summed E-state index contributed by atoms with van der Waals surface area (Å²) in [5.74, 6) is -0.0225. The topological polar surface area (TPSA) is 37.3 Å². The minimum absolute atomic E-state index is 0.0225. The summed E-state index contributed by atoms with van der Waals surface area (Å²) >= 11 is 5.29. The van der Waals surface area contributed by atoms with Gasteiger partial charge in [-0.15, -0.1) is 11.3 Å². The molecular weight excluding hydrogens is 398 g/mol. The van der Waals surface area contributed by atoms with Crippen molar-refractivity contribution < 1.29 is 4.79 Å². The van der Waals surface area contributed by atoms with E-state index in [1.165, 1.54) is 11.1 Å². The predicted molar refractivity (Wildman–Crippen MR) is 109 cm³/mol. The summed E-state index contributed by atoms with van der Waals surface area (Å²) in [7, 11) is 4.00. The summed E-state index contributed by atoms with van der Waals surface area (Å²) in [6.07, 6.45) is 0. The second-order valence-electron chi connectivity index (χ2n) is 6.40. The average Bonchev–Trinajstić information content (AvgIpc) is 3.10. The minimum Gasteiger partial charge on any atom is -0.349 e. The van der Waals surface area contributed by atoms with E-state index in [1.807, 2.05) is 32.3 Å². The third kappa shape index (κ3) is 3.97. The number of thiophene rings is 1. The van der Waals surface area contributed by atoms with Gasteiger partial charge >= 0.3 is 0 Å². The molecule has 3 aromatic rings. The van der Waals surface area contributed by atoms with Crippen molar-refractivity contribution in [2.75, 3.05) is 27.2 Å². The highest BCUT2D eigenvalue weighted by Gasteiger charge is 2.19. The lowest BCUT2D eigenvalue weighted by Crippen LogP contribution is -2.32. The van der Waals surface area contributed by atoms with E-state index in [0.717, 1.165) is 21.2 Å². The summed E-state index contributed by atoms with van der Waals surface area (Å²) in [5.41, 5.74) is 4.26.